The van der Waals surface area contributed by atoms with Gasteiger partial charge >= 0.3 is 0 Å². The molecule has 62 valence electrons. The summed E-state index contributed by atoms with van der Waals surface area (Å²) in [6.07, 6.45) is 0. The van der Waals surface area contributed by atoms with E-state index in [9.17, 15) is 0 Å². The van der Waals surface area contributed by atoms with Crippen molar-refractivity contribution in [3.63, 3.8) is 0 Å². The van der Waals surface area contributed by atoms with Gasteiger partial charge in [-0.05, 0) is 19.8 Å². The van der Waals surface area contributed by atoms with Crippen molar-refractivity contribution in [2.45, 2.75) is 39.8 Å². The normalized spacial score (nSPS) is 17.4. The van der Waals surface area contributed by atoms with Crippen LogP contribution in [0.25, 0.3) is 0 Å². The summed E-state index contributed by atoms with van der Waals surface area (Å²) in [5, 5.41) is 3.40. The lowest BCUT2D eigenvalue weighted by molar-refractivity contribution is 0.387. The van der Waals surface area contributed by atoms with Crippen molar-refractivity contribution >= 4 is 0 Å². The maximum absolute atomic E-state index is 5.46. The molecule has 3 N–H and O–H groups in total. The Kier molecular flexibility index (Phi) is 4.65. The standard InChI is InChI=1S/C8H20N2/c1-6(2)8(4)10-7(3)5-9/h6-8,10H,5,9H2,1-4H3/t7?,8-/m0/s1. The van der Waals surface area contributed by atoms with Crippen molar-refractivity contribution in [3.8, 4) is 0 Å². The highest BCUT2D eigenvalue weighted by Gasteiger charge is 2.08. The molecule has 0 amide bonds. The maximum atomic E-state index is 5.46. The summed E-state index contributed by atoms with van der Waals surface area (Å²) in [5.41, 5.74) is 5.46. The van der Waals surface area contributed by atoms with Crippen molar-refractivity contribution in [2.24, 2.45) is 11.7 Å². The van der Waals surface area contributed by atoms with E-state index < -0.39 is 0 Å². The first-order chi connectivity index (χ1) is 4.57. The molecule has 0 rings (SSSR count). The van der Waals surface area contributed by atoms with Crippen molar-refractivity contribution in [1.82, 2.24) is 5.32 Å². The van der Waals surface area contributed by atoms with Gasteiger partial charge in [0.05, 0.1) is 0 Å². The monoisotopic (exact) mass is 144 g/mol. The fraction of sp³-hybridized carbons (Fsp3) is 1.00. The highest BCUT2D eigenvalue weighted by Crippen LogP contribution is 2.00. The zero-order chi connectivity index (χ0) is 8.15. The van der Waals surface area contributed by atoms with Crippen molar-refractivity contribution < 1.29 is 0 Å². The quantitative estimate of drug-likeness (QED) is 0.617. The van der Waals surface area contributed by atoms with Gasteiger partial charge in [0.2, 0.25) is 0 Å². The Morgan fingerprint density at radius 3 is 2.00 bits per heavy atom. The maximum Gasteiger partial charge on any atom is 0.0164 e. The first-order valence-corrected chi connectivity index (χ1v) is 4.04. The minimum absolute atomic E-state index is 0.442. The van der Waals surface area contributed by atoms with Gasteiger partial charge in [0.15, 0.2) is 0 Å². The van der Waals surface area contributed by atoms with Crippen molar-refractivity contribution in [1.29, 1.82) is 0 Å². The zero-order valence-electron chi connectivity index (χ0n) is 7.52. The second-order valence-corrected chi connectivity index (χ2v) is 3.34. The van der Waals surface area contributed by atoms with E-state index in [0.717, 1.165) is 6.54 Å². The van der Waals surface area contributed by atoms with Crippen LogP contribution in [-0.2, 0) is 0 Å². The molecule has 0 saturated heterocycles. The molecular weight excluding hydrogens is 124 g/mol. The van der Waals surface area contributed by atoms with Crippen LogP contribution < -0.4 is 11.1 Å². The summed E-state index contributed by atoms with van der Waals surface area (Å²) in [6, 6.07) is 1.01. The van der Waals surface area contributed by atoms with E-state index in [1.165, 1.54) is 0 Å². The minimum atomic E-state index is 0.442. The first-order valence-electron chi connectivity index (χ1n) is 4.04. The summed E-state index contributed by atoms with van der Waals surface area (Å²) in [6.45, 7) is 9.44. The molecule has 0 aliphatic rings. The average Bonchev–Trinajstić information content (AvgIpc) is 1.87. The predicted molar refractivity (Wildman–Crippen MR) is 46.0 cm³/mol. The number of hydrogen-bond donors (Lipinski definition) is 2. The Labute approximate surface area is 64.2 Å². The predicted octanol–water partition coefficient (Wildman–Crippen LogP) is 0.968. The van der Waals surface area contributed by atoms with Gasteiger partial charge in [-0.2, -0.15) is 0 Å². The van der Waals surface area contributed by atoms with Gasteiger partial charge in [0.25, 0.3) is 0 Å². The fourth-order valence-corrected chi connectivity index (χ4v) is 0.709. The molecular formula is C8H20N2. The molecule has 0 aliphatic heterocycles. The summed E-state index contributed by atoms with van der Waals surface area (Å²) in [5.74, 6) is 0.689. The van der Waals surface area contributed by atoms with E-state index in [2.05, 4.69) is 33.0 Å². The lowest BCUT2D eigenvalue weighted by Crippen LogP contribution is -2.41. The SMILES string of the molecule is CC(CN)N[C@@H](C)C(C)C. The Morgan fingerprint density at radius 1 is 1.20 bits per heavy atom. The molecule has 0 aromatic heterocycles. The number of nitrogens with two attached hydrogens (primary N) is 1. The third-order valence-corrected chi connectivity index (χ3v) is 1.90. The molecule has 0 heterocycles. The molecule has 1 unspecified atom stereocenters. The third-order valence-electron chi connectivity index (χ3n) is 1.90. The number of rotatable bonds is 4. The minimum Gasteiger partial charge on any atom is -0.329 e. The van der Waals surface area contributed by atoms with Crippen LogP contribution in [0.15, 0.2) is 0 Å². The lowest BCUT2D eigenvalue weighted by Gasteiger charge is -2.21. The zero-order valence-corrected chi connectivity index (χ0v) is 7.52. The van der Waals surface area contributed by atoms with E-state index >= 15 is 0 Å². The lowest BCUT2D eigenvalue weighted by atomic mass is 10.1. The second kappa shape index (κ2) is 4.69. The number of nitrogens with one attached hydrogen (secondary N) is 1. The molecule has 2 nitrogen and oxygen atoms in total. The Hall–Kier alpha value is -0.0800. The molecule has 10 heavy (non-hydrogen) atoms. The summed E-state index contributed by atoms with van der Waals surface area (Å²) >= 11 is 0. The molecule has 0 aliphatic carbocycles. The van der Waals surface area contributed by atoms with Crippen LogP contribution in [0.5, 0.6) is 0 Å². The molecule has 0 bridgehead atoms. The van der Waals surface area contributed by atoms with Gasteiger partial charge in [-0.3, -0.25) is 0 Å². The van der Waals surface area contributed by atoms with Crippen LogP contribution >= 0.6 is 0 Å². The van der Waals surface area contributed by atoms with Crippen LogP contribution in [-0.4, -0.2) is 18.6 Å². The van der Waals surface area contributed by atoms with Crippen LogP contribution in [0.4, 0.5) is 0 Å². The van der Waals surface area contributed by atoms with Crippen LogP contribution in [0.1, 0.15) is 27.7 Å². The summed E-state index contributed by atoms with van der Waals surface area (Å²) in [7, 11) is 0. The molecule has 0 saturated carbocycles. The molecule has 2 atom stereocenters. The van der Waals surface area contributed by atoms with Crippen LogP contribution in [0.2, 0.25) is 0 Å². The molecule has 0 aromatic carbocycles. The van der Waals surface area contributed by atoms with Crippen LogP contribution in [0, 0.1) is 5.92 Å². The largest absolute Gasteiger partial charge is 0.329 e. The van der Waals surface area contributed by atoms with Crippen LogP contribution in [0.3, 0.4) is 0 Å². The number of hydrogen-bond acceptors (Lipinski definition) is 2. The van der Waals surface area contributed by atoms with E-state index in [-0.39, 0.29) is 0 Å². The van der Waals surface area contributed by atoms with Gasteiger partial charge in [-0.25, -0.2) is 0 Å². The highest BCUT2D eigenvalue weighted by atomic mass is 15.0. The van der Waals surface area contributed by atoms with Gasteiger partial charge in [0.1, 0.15) is 0 Å². The van der Waals surface area contributed by atoms with Gasteiger partial charge < -0.3 is 11.1 Å². The van der Waals surface area contributed by atoms with Gasteiger partial charge in [0, 0.05) is 18.6 Å². The van der Waals surface area contributed by atoms with E-state index in [1.54, 1.807) is 0 Å². The fourth-order valence-electron chi connectivity index (χ4n) is 0.709. The highest BCUT2D eigenvalue weighted by molar-refractivity contribution is 4.69. The molecule has 0 aromatic rings. The Balaban J connectivity index is 3.46. The average molecular weight is 144 g/mol. The summed E-state index contributed by atoms with van der Waals surface area (Å²) in [4.78, 5) is 0. The first kappa shape index (κ1) is 9.92. The molecule has 0 radical (unpaired) electrons. The third kappa shape index (κ3) is 3.85. The van der Waals surface area contributed by atoms with Crippen molar-refractivity contribution in [2.75, 3.05) is 6.54 Å². The van der Waals surface area contributed by atoms with Gasteiger partial charge in [-0.15, -0.1) is 0 Å². The Morgan fingerprint density at radius 2 is 1.70 bits per heavy atom. The second-order valence-electron chi connectivity index (χ2n) is 3.34. The Bertz CT molecular complexity index is 81.3. The molecule has 0 spiro atoms. The van der Waals surface area contributed by atoms with Crippen molar-refractivity contribution in [3.05, 3.63) is 0 Å². The summed E-state index contributed by atoms with van der Waals surface area (Å²) < 4.78 is 0. The van der Waals surface area contributed by atoms with E-state index in [4.69, 9.17) is 5.73 Å². The van der Waals surface area contributed by atoms with Gasteiger partial charge in [-0.1, -0.05) is 13.8 Å². The topological polar surface area (TPSA) is 38.0 Å². The van der Waals surface area contributed by atoms with E-state index in [0.29, 0.717) is 18.0 Å². The smallest absolute Gasteiger partial charge is 0.0164 e. The van der Waals surface area contributed by atoms with E-state index in [1.807, 2.05) is 0 Å². The molecule has 2 heteroatoms. The molecule has 0 fully saturated rings.